The summed E-state index contributed by atoms with van der Waals surface area (Å²) in [4.78, 5) is 11.9. The number of sulfonamides is 1. The van der Waals surface area contributed by atoms with Gasteiger partial charge in [-0.05, 0) is 68.0 Å². The third kappa shape index (κ3) is 3.29. The molecule has 0 amide bonds. The van der Waals surface area contributed by atoms with Crippen molar-refractivity contribution in [1.29, 1.82) is 0 Å². The van der Waals surface area contributed by atoms with E-state index >= 15 is 0 Å². The van der Waals surface area contributed by atoms with E-state index in [0.717, 1.165) is 31.2 Å². The maximum Gasteiger partial charge on any atom is 0.261 e. The number of hydrogen-bond donors (Lipinski definition) is 1. The summed E-state index contributed by atoms with van der Waals surface area (Å²) in [5, 5.41) is 0. The topological polar surface area (TPSA) is 63.2 Å². The molecular weight excluding hydrogens is 310 g/mol. The Morgan fingerprint density at radius 3 is 2.43 bits per heavy atom. The molecule has 0 bridgehead atoms. The van der Waals surface area contributed by atoms with Crippen molar-refractivity contribution in [3.05, 3.63) is 59.2 Å². The molecule has 5 heteroatoms. The molecule has 23 heavy (non-hydrogen) atoms. The maximum absolute atomic E-state index is 12.6. The number of para-hydroxylation sites is 1. The monoisotopic (exact) mass is 329 g/mol. The van der Waals surface area contributed by atoms with Gasteiger partial charge >= 0.3 is 0 Å². The number of Topliss-reactive ketones (excluding diaryl/α,β-unsaturated/α-hetero) is 1. The van der Waals surface area contributed by atoms with Crippen LogP contribution < -0.4 is 4.72 Å². The van der Waals surface area contributed by atoms with E-state index in [2.05, 4.69) is 4.72 Å². The van der Waals surface area contributed by atoms with E-state index in [0.29, 0.717) is 11.3 Å². The highest BCUT2D eigenvalue weighted by Gasteiger charge is 2.19. The first kappa shape index (κ1) is 15.7. The van der Waals surface area contributed by atoms with E-state index in [1.807, 2.05) is 6.07 Å². The van der Waals surface area contributed by atoms with Gasteiger partial charge in [0, 0.05) is 5.56 Å². The van der Waals surface area contributed by atoms with Crippen molar-refractivity contribution >= 4 is 21.5 Å². The molecule has 4 nitrogen and oxygen atoms in total. The fourth-order valence-corrected chi connectivity index (χ4v) is 4.09. The van der Waals surface area contributed by atoms with Crippen LogP contribution in [0.25, 0.3) is 0 Å². The van der Waals surface area contributed by atoms with Crippen LogP contribution in [0.4, 0.5) is 5.69 Å². The molecule has 2 aromatic carbocycles. The molecular formula is C18H19NO3S. The Balaban J connectivity index is 1.95. The third-order valence-electron chi connectivity index (χ3n) is 4.18. The fraction of sp³-hybridized carbons (Fsp3) is 0.278. The van der Waals surface area contributed by atoms with Gasteiger partial charge in [0.05, 0.1) is 10.6 Å². The minimum Gasteiger partial charge on any atom is -0.294 e. The summed E-state index contributed by atoms with van der Waals surface area (Å²) in [6.45, 7) is 1.42. The van der Waals surface area contributed by atoms with E-state index in [9.17, 15) is 13.2 Å². The van der Waals surface area contributed by atoms with Crippen LogP contribution in [0, 0.1) is 0 Å². The van der Waals surface area contributed by atoms with Crippen molar-refractivity contribution in [2.75, 3.05) is 4.72 Å². The summed E-state index contributed by atoms with van der Waals surface area (Å²) in [6, 6.07) is 11.9. The zero-order chi connectivity index (χ0) is 16.4. The lowest BCUT2D eigenvalue weighted by molar-refractivity contribution is 0.101. The Labute approximate surface area is 136 Å². The first-order chi connectivity index (χ1) is 11.0. The van der Waals surface area contributed by atoms with Gasteiger partial charge in [-0.15, -0.1) is 0 Å². The van der Waals surface area contributed by atoms with Crippen LogP contribution in [0.5, 0.6) is 0 Å². The van der Waals surface area contributed by atoms with Gasteiger partial charge in [-0.1, -0.05) is 18.2 Å². The fourth-order valence-electron chi connectivity index (χ4n) is 2.96. The minimum atomic E-state index is -3.71. The number of ketones is 1. The van der Waals surface area contributed by atoms with Crippen molar-refractivity contribution in [3.63, 3.8) is 0 Å². The van der Waals surface area contributed by atoms with Crippen molar-refractivity contribution in [3.8, 4) is 0 Å². The molecule has 0 unspecified atom stereocenters. The lowest BCUT2D eigenvalue weighted by Gasteiger charge is -2.17. The lowest BCUT2D eigenvalue weighted by atomic mass is 9.92. The number of nitrogens with one attached hydrogen (secondary N) is 1. The highest BCUT2D eigenvalue weighted by Crippen LogP contribution is 2.26. The molecule has 0 heterocycles. The lowest BCUT2D eigenvalue weighted by Crippen LogP contribution is -2.16. The van der Waals surface area contributed by atoms with Gasteiger partial charge in [0.15, 0.2) is 5.78 Å². The molecule has 2 aromatic rings. The first-order valence-electron chi connectivity index (χ1n) is 7.72. The summed E-state index contributed by atoms with van der Waals surface area (Å²) >= 11 is 0. The average molecular weight is 329 g/mol. The van der Waals surface area contributed by atoms with Crippen molar-refractivity contribution < 1.29 is 13.2 Å². The van der Waals surface area contributed by atoms with Crippen LogP contribution in [0.15, 0.2) is 47.4 Å². The smallest absolute Gasteiger partial charge is 0.261 e. The maximum atomic E-state index is 12.6. The van der Waals surface area contributed by atoms with Crippen LogP contribution in [-0.4, -0.2) is 14.2 Å². The molecule has 1 aliphatic carbocycles. The molecule has 0 spiro atoms. The predicted octanol–water partition coefficient (Wildman–Crippen LogP) is 3.57. The van der Waals surface area contributed by atoms with Crippen LogP contribution in [-0.2, 0) is 22.9 Å². The van der Waals surface area contributed by atoms with E-state index in [1.165, 1.54) is 12.5 Å². The van der Waals surface area contributed by atoms with E-state index in [4.69, 9.17) is 0 Å². The van der Waals surface area contributed by atoms with Crippen molar-refractivity contribution in [2.45, 2.75) is 37.5 Å². The molecule has 0 aromatic heterocycles. The first-order valence-corrected chi connectivity index (χ1v) is 9.20. The number of anilines is 1. The molecule has 0 radical (unpaired) electrons. The van der Waals surface area contributed by atoms with Gasteiger partial charge in [0.1, 0.15) is 0 Å². The van der Waals surface area contributed by atoms with Gasteiger partial charge in [-0.3, -0.25) is 9.52 Å². The van der Waals surface area contributed by atoms with E-state index in [1.54, 1.807) is 36.4 Å². The minimum absolute atomic E-state index is 0.172. The number of hydrogen-bond acceptors (Lipinski definition) is 3. The normalized spacial score (nSPS) is 14.1. The number of carbonyl (C=O) groups is 1. The van der Waals surface area contributed by atoms with Gasteiger partial charge in [-0.2, -0.15) is 0 Å². The number of fused-ring (bicyclic) bond motifs is 1. The van der Waals surface area contributed by atoms with Gasteiger partial charge in [0.25, 0.3) is 10.0 Å². The Morgan fingerprint density at radius 1 is 1.00 bits per heavy atom. The molecule has 1 aliphatic rings. The second kappa shape index (κ2) is 6.16. The molecule has 0 saturated carbocycles. The Morgan fingerprint density at radius 2 is 1.70 bits per heavy atom. The summed E-state index contributed by atoms with van der Waals surface area (Å²) in [7, 11) is -3.71. The number of benzene rings is 2. The summed E-state index contributed by atoms with van der Waals surface area (Å²) in [6.07, 6.45) is 4.18. The van der Waals surface area contributed by atoms with E-state index in [-0.39, 0.29) is 10.7 Å². The zero-order valence-corrected chi connectivity index (χ0v) is 13.8. The van der Waals surface area contributed by atoms with Crippen molar-refractivity contribution in [1.82, 2.24) is 0 Å². The standard InChI is InChI=1S/C18H19NO3S/c1-13(20)17-8-4-5-9-18(17)19-23(21,22)16-11-10-14-6-2-3-7-15(14)12-16/h4-5,8-12,19H,2-3,6-7H2,1H3. The second-order valence-electron chi connectivity index (χ2n) is 5.84. The van der Waals surface area contributed by atoms with Gasteiger partial charge in [-0.25, -0.2) is 8.42 Å². The zero-order valence-electron chi connectivity index (χ0n) is 13.0. The molecule has 3 rings (SSSR count). The van der Waals surface area contributed by atoms with E-state index < -0.39 is 10.0 Å². The Kier molecular flexibility index (Phi) is 4.22. The predicted molar refractivity (Wildman–Crippen MR) is 90.3 cm³/mol. The van der Waals surface area contributed by atoms with Gasteiger partial charge in [0.2, 0.25) is 0 Å². The average Bonchev–Trinajstić information content (AvgIpc) is 2.54. The van der Waals surface area contributed by atoms with Crippen LogP contribution in [0.1, 0.15) is 41.3 Å². The molecule has 0 atom stereocenters. The number of aryl methyl sites for hydroxylation is 2. The van der Waals surface area contributed by atoms with Crippen LogP contribution >= 0.6 is 0 Å². The molecule has 1 N–H and O–H groups in total. The Hall–Kier alpha value is -2.14. The highest BCUT2D eigenvalue weighted by atomic mass is 32.2. The summed E-state index contributed by atoms with van der Waals surface area (Å²) in [5.41, 5.74) is 3.03. The van der Waals surface area contributed by atoms with Crippen LogP contribution in [0.2, 0.25) is 0 Å². The van der Waals surface area contributed by atoms with Crippen LogP contribution in [0.3, 0.4) is 0 Å². The number of carbonyl (C=O) groups excluding carboxylic acids is 1. The number of rotatable bonds is 4. The Bertz CT molecular complexity index is 856. The molecule has 0 fully saturated rings. The van der Waals surface area contributed by atoms with Gasteiger partial charge < -0.3 is 0 Å². The quantitative estimate of drug-likeness (QED) is 0.872. The SMILES string of the molecule is CC(=O)c1ccccc1NS(=O)(=O)c1ccc2c(c1)CCCC2. The second-order valence-corrected chi connectivity index (χ2v) is 7.53. The third-order valence-corrected chi connectivity index (χ3v) is 5.54. The van der Waals surface area contributed by atoms with Crippen molar-refractivity contribution in [2.24, 2.45) is 0 Å². The molecule has 120 valence electrons. The molecule has 0 saturated heterocycles. The summed E-state index contributed by atoms with van der Waals surface area (Å²) in [5.74, 6) is -0.172. The largest absolute Gasteiger partial charge is 0.294 e. The summed E-state index contributed by atoms with van der Waals surface area (Å²) < 4.78 is 27.8. The highest BCUT2D eigenvalue weighted by molar-refractivity contribution is 7.92. The molecule has 0 aliphatic heterocycles.